The maximum Gasteiger partial charge on any atom is 0.0992 e. The highest BCUT2D eigenvalue weighted by Gasteiger charge is 2.20. The zero-order chi connectivity index (χ0) is 12.3. The second-order valence-corrected chi connectivity index (χ2v) is 4.93. The Morgan fingerprint density at radius 3 is 2.94 bits per heavy atom. The van der Waals surface area contributed by atoms with Crippen LogP contribution in [0.4, 0.5) is 5.69 Å². The van der Waals surface area contributed by atoms with Crippen molar-refractivity contribution in [3.8, 4) is 6.07 Å². The summed E-state index contributed by atoms with van der Waals surface area (Å²) in [6, 6.07) is 10.6. The molecule has 0 spiro atoms. The van der Waals surface area contributed by atoms with Gasteiger partial charge < -0.3 is 10.2 Å². The molecule has 17 heavy (non-hydrogen) atoms. The first-order valence-corrected chi connectivity index (χ1v) is 6.18. The van der Waals surface area contributed by atoms with E-state index in [-0.39, 0.29) is 0 Å². The molecule has 3 heteroatoms. The lowest BCUT2D eigenvalue weighted by atomic mass is 10.1. The fraction of sp³-hybridized carbons (Fsp3) is 0.500. The minimum absolute atomic E-state index is 0.467. The lowest BCUT2D eigenvalue weighted by Crippen LogP contribution is -2.38. The Labute approximate surface area is 103 Å². The van der Waals surface area contributed by atoms with Gasteiger partial charge in [0.1, 0.15) is 0 Å². The molecule has 0 bridgehead atoms. The second kappa shape index (κ2) is 5.20. The van der Waals surface area contributed by atoms with Gasteiger partial charge in [-0.1, -0.05) is 13.0 Å². The van der Waals surface area contributed by atoms with Gasteiger partial charge in [-0.2, -0.15) is 5.26 Å². The number of nitrogens with one attached hydrogen (secondary N) is 1. The van der Waals surface area contributed by atoms with Crippen molar-refractivity contribution in [3.63, 3.8) is 0 Å². The van der Waals surface area contributed by atoms with Crippen LogP contribution >= 0.6 is 0 Å². The van der Waals surface area contributed by atoms with E-state index >= 15 is 0 Å². The summed E-state index contributed by atoms with van der Waals surface area (Å²) < 4.78 is 0. The summed E-state index contributed by atoms with van der Waals surface area (Å²) in [5, 5.41) is 12.4. The van der Waals surface area contributed by atoms with Gasteiger partial charge >= 0.3 is 0 Å². The highest BCUT2D eigenvalue weighted by molar-refractivity contribution is 5.52. The van der Waals surface area contributed by atoms with Crippen LogP contribution in [0.2, 0.25) is 0 Å². The Bertz CT molecular complexity index is 422. The SMILES string of the molecule is CC1CNCC(C)N(c2cccc(C#N)c2)C1. The highest BCUT2D eigenvalue weighted by Crippen LogP contribution is 2.21. The zero-order valence-corrected chi connectivity index (χ0v) is 10.5. The molecule has 3 nitrogen and oxygen atoms in total. The van der Waals surface area contributed by atoms with Crippen LogP contribution in [-0.2, 0) is 0 Å². The number of hydrogen-bond acceptors (Lipinski definition) is 3. The summed E-state index contributed by atoms with van der Waals surface area (Å²) >= 11 is 0. The molecule has 1 aromatic carbocycles. The zero-order valence-electron chi connectivity index (χ0n) is 10.5. The van der Waals surface area contributed by atoms with Crippen LogP contribution < -0.4 is 10.2 Å². The fourth-order valence-electron chi connectivity index (χ4n) is 2.34. The number of benzene rings is 1. The van der Waals surface area contributed by atoms with Crippen LogP contribution in [0.25, 0.3) is 0 Å². The van der Waals surface area contributed by atoms with Crippen molar-refractivity contribution in [2.24, 2.45) is 5.92 Å². The predicted octanol–water partition coefficient (Wildman–Crippen LogP) is 1.99. The molecule has 1 aromatic rings. The molecule has 0 amide bonds. The molecule has 1 aliphatic rings. The van der Waals surface area contributed by atoms with Crippen LogP contribution in [0.5, 0.6) is 0 Å². The average Bonchev–Trinajstić information content (AvgIpc) is 2.51. The third-order valence-electron chi connectivity index (χ3n) is 3.28. The first kappa shape index (κ1) is 11.9. The Balaban J connectivity index is 2.26. The smallest absolute Gasteiger partial charge is 0.0992 e. The van der Waals surface area contributed by atoms with E-state index in [2.05, 4.69) is 36.2 Å². The number of nitrogens with zero attached hydrogens (tertiary/aromatic N) is 2. The molecule has 1 heterocycles. The van der Waals surface area contributed by atoms with Crippen molar-refractivity contribution < 1.29 is 0 Å². The van der Waals surface area contributed by atoms with E-state index in [0.29, 0.717) is 12.0 Å². The molecule has 1 aliphatic heterocycles. The molecule has 1 N–H and O–H groups in total. The van der Waals surface area contributed by atoms with Gasteiger partial charge in [0.25, 0.3) is 0 Å². The minimum atomic E-state index is 0.467. The van der Waals surface area contributed by atoms with Gasteiger partial charge in [-0.15, -0.1) is 0 Å². The molecule has 2 rings (SSSR count). The molecule has 1 saturated heterocycles. The van der Waals surface area contributed by atoms with Gasteiger partial charge in [-0.3, -0.25) is 0 Å². The Morgan fingerprint density at radius 1 is 1.35 bits per heavy atom. The number of nitriles is 1. The molecular weight excluding hydrogens is 210 g/mol. The van der Waals surface area contributed by atoms with Crippen molar-refractivity contribution in [2.45, 2.75) is 19.9 Å². The summed E-state index contributed by atoms with van der Waals surface area (Å²) in [6.07, 6.45) is 0. The van der Waals surface area contributed by atoms with Crippen LogP contribution in [0.3, 0.4) is 0 Å². The first-order chi connectivity index (χ1) is 8.20. The van der Waals surface area contributed by atoms with Crippen molar-refractivity contribution in [1.82, 2.24) is 5.32 Å². The minimum Gasteiger partial charge on any atom is -0.367 e. The van der Waals surface area contributed by atoms with Gasteiger partial charge in [-0.05, 0) is 37.6 Å². The van der Waals surface area contributed by atoms with Crippen LogP contribution in [0.1, 0.15) is 19.4 Å². The maximum absolute atomic E-state index is 8.95. The van der Waals surface area contributed by atoms with E-state index in [0.717, 1.165) is 30.9 Å². The van der Waals surface area contributed by atoms with Crippen LogP contribution in [0, 0.1) is 17.2 Å². The second-order valence-electron chi connectivity index (χ2n) is 4.93. The normalized spacial score (nSPS) is 25.1. The predicted molar refractivity (Wildman–Crippen MR) is 70.0 cm³/mol. The highest BCUT2D eigenvalue weighted by atomic mass is 15.2. The summed E-state index contributed by atoms with van der Waals surface area (Å²) in [5.41, 5.74) is 1.90. The molecule has 0 aromatic heterocycles. The fourth-order valence-corrected chi connectivity index (χ4v) is 2.34. The van der Waals surface area contributed by atoms with Crippen molar-refractivity contribution in [1.29, 1.82) is 5.26 Å². The van der Waals surface area contributed by atoms with E-state index in [1.165, 1.54) is 0 Å². The molecule has 0 saturated carbocycles. The van der Waals surface area contributed by atoms with Crippen LogP contribution in [0.15, 0.2) is 24.3 Å². The lowest BCUT2D eigenvalue weighted by molar-refractivity contribution is 0.564. The summed E-state index contributed by atoms with van der Waals surface area (Å²) in [4.78, 5) is 2.39. The monoisotopic (exact) mass is 229 g/mol. The Morgan fingerprint density at radius 2 is 2.18 bits per heavy atom. The Kier molecular flexibility index (Phi) is 3.65. The van der Waals surface area contributed by atoms with E-state index in [1.54, 1.807) is 0 Å². The number of rotatable bonds is 1. The van der Waals surface area contributed by atoms with Crippen molar-refractivity contribution in [3.05, 3.63) is 29.8 Å². The van der Waals surface area contributed by atoms with Gasteiger partial charge in [0.15, 0.2) is 0 Å². The van der Waals surface area contributed by atoms with E-state index < -0.39 is 0 Å². The van der Waals surface area contributed by atoms with Crippen molar-refractivity contribution >= 4 is 5.69 Å². The largest absolute Gasteiger partial charge is 0.367 e. The van der Waals surface area contributed by atoms with E-state index in [1.807, 2.05) is 18.2 Å². The van der Waals surface area contributed by atoms with Crippen LogP contribution in [-0.4, -0.2) is 25.7 Å². The van der Waals surface area contributed by atoms with Gasteiger partial charge in [0.2, 0.25) is 0 Å². The van der Waals surface area contributed by atoms with E-state index in [9.17, 15) is 0 Å². The topological polar surface area (TPSA) is 39.1 Å². The van der Waals surface area contributed by atoms with Crippen molar-refractivity contribution in [2.75, 3.05) is 24.5 Å². The quantitative estimate of drug-likeness (QED) is 0.800. The third-order valence-corrected chi connectivity index (χ3v) is 3.28. The first-order valence-electron chi connectivity index (χ1n) is 6.18. The Hall–Kier alpha value is -1.53. The lowest BCUT2D eigenvalue weighted by Gasteiger charge is -2.30. The third kappa shape index (κ3) is 2.78. The molecule has 2 unspecified atom stereocenters. The number of hydrogen-bond donors (Lipinski definition) is 1. The standard InChI is InChI=1S/C14H19N3/c1-11-8-16-9-12(2)17(10-11)14-5-3-4-13(6-14)7-15/h3-6,11-12,16H,8-10H2,1-2H3. The van der Waals surface area contributed by atoms with Gasteiger partial charge in [0.05, 0.1) is 11.6 Å². The molecule has 0 radical (unpaired) electrons. The molecular formula is C14H19N3. The molecule has 2 atom stereocenters. The average molecular weight is 229 g/mol. The summed E-state index contributed by atoms with van der Waals surface area (Å²) in [6.45, 7) is 7.60. The van der Waals surface area contributed by atoms with E-state index in [4.69, 9.17) is 5.26 Å². The molecule has 0 aliphatic carbocycles. The van der Waals surface area contributed by atoms with Gasteiger partial charge in [0, 0.05) is 24.8 Å². The summed E-state index contributed by atoms with van der Waals surface area (Å²) in [7, 11) is 0. The summed E-state index contributed by atoms with van der Waals surface area (Å²) in [5.74, 6) is 0.630. The molecule has 1 fully saturated rings. The van der Waals surface area contributed by atoms with Gasteiger partial charge in [-0.25, -0.2) is 0 Å². The number of anilines is 1. The maximum atomic E-state index is 8.95. The molecule has 90 valence electrons.